The van der Waals surface area contributed by atoms with Gasteiger partial charge in [0.25, 0.3) is 5.56 Å². The van der Waals surface area contributed by atoms with Crippen LogP contribution in [0, 0.1) is 0 Å². The van der Waals surface area contributed by atoms with Crippen molar-refractivity contribution < 1.29 is 0 Å². The summed E-state index contributed by atoms with van der Waals surface area (Å²) in [6.07, 6.45) is 4.12. The lowest BCUT2D eigenvalue weighted by atomic mass is 10.0. The van der Waals surface area contributed by atoms with Crippen LogP contribution >= 0.6 is 23.4 Å². The maximum absolute atomic E-state index is 12.8. The average molecular weight is 325 g/mol. The summed E-state index contributed by atoms with van der Waals surface area (Å²) in [6.45, 7) is 4.99. The summed E-state index contributed by atoms with van der Waals surface area (Å²) in [7, 11) is 0. The van der Waals surface area contributed by atoms with Crippen molar-refractivity contribution in [1.29, 1.82) is 0 Å². The van der Waals surface area contributed by atoms with Crippen LogP contribution in [0.5, 0.6) is 0 Å². The third-order valence-corrected chi connectivity index (χ3v) is 6.04. The highest BCUT2D eigenvalue weighted by Crippen LogP contribution is 2.32. The van der Waals surface area contributed by atoms with Gasteiger partial charge in [-0.15, -0.1) is 11.6 Å². The van der Waals surface area contributed by atoms with Crippen LogP contribution in [0.25, 0.3) is 10.9 Å². The Morgan fingerprint density at radius 2 is 1.95 bits per heavy atom. The Balaban J connectivity index is 2.62. The van der Waals surface area contributed by atoms with E-state index in [0.29, 0.717) is 17.8 Å². The number of halogens is 1. The smallest absolute Gasteiger partial charge is 0.261 e. The van der Waals surface area contributed by atoms with E-state index in [4.69, 9.17) is 11.6 Å². The number of para-hydroxylation sites is 1. The number of fused-ring (bicyclic) bond motifs is 1. The van der Waals surface area contributed by atoms with Crippen LogP contribution in [0.4, 0.5) is 0 Å². The maximum Gasteiger partial charge on any atom is 0.261 e. The summed E-state index contributed by atoms with van der Waals surface area (Å²) in [6, 6.07) is 7.45. The molecule has 0 aliphatic rings. The Kier molecular flexibility index (Phi) is 5.33. The second-order valence-corrected chi connectivity index (χ2v) is 6.71. The second kappa shape index (κ2) is 6.84. The van der Waals surface area contributed by atoms with Crippen molar-refractivity contribution in [2.75, 3.05) is 6.26 Å². The predicted molar refractivity (Wildman–Crippen MR) is 92.4 cm³/mol. The van der Waals surface area contributed by atoms with Crippen molar-refractivity contribution in [2.24, 2.45) is 0 Å². The molecule has 0 saturated heterocycles. The fourth-order valence-electron chi connectivity index (χ4n) is 2.59. The number of nitrogens with zero attached hydrogens (tertiary/aromatic N) is 2. The molecule has 0 amide bonds. The second-order valence-electron chi connectivity index (χ2n) is 5.16. The molecular weight excluding hydrogens is 304 g/mol. The number of aromatic nitrogens is 2. The van der Waals surface area contributed by atoms with E-state index in [1.807, 2.05) is 36.0 Å². The van der Waals surface area contributed by atoms with Gasteiger partial charge < -0.3 is 0 Å². The van der Waals surface area contributed by atoms with Gasteiger partial charge in [-0.05, 0) is 31.2 Å². The maximum atomic E-state index is 12.8. The number of hydrogen-bond acceptors (Lipinski definition) is 3. The van der Waals surface area contributed by atoms with Gasteiger partial charge in [0.15, 0.2) is 0 Å². The first-order chi connectivity index (χ1) is 10.1. The molecule has 0 unspecified atom stereocenters. The van der Waals surface area contributed by atoms with Gasteiger partial charge in [0.2, 0.25) is 0 Å². The molecule has 114 valence electrons. The van der Waals surface area contributed by atoms with Gasteiger partial charge in [-0.25, -0.2) is 4.98 Å². The van der Waals surface area contributed by atoms with Crippen LogP contribution < -0.4 is 5.56 Å². The highest BCUT2D eigenvalue weighted by molar-refractivity contribution is 8.00. The first-order valence-electron chi connectivity index (χ1n) is 7.20. The molecule has 1 aromatic heterocycles. The lowest BCUT2D eigenvalue weighted by Crippen LogP contribution is -2.36. The van der Waals surface area contributed by atoms with Crippen LogP contribution in [0.15, 0.2) is 29.1 Å². The normalized spacial score (nSPS) is 12.0. The van der Waals surface area contributed by atoms with Crippen LogP contribution in [-0.4, -0.2) is 20.6 Å². The van der Waals surface area contributed by atoms with Gasteiger partial charge in [-0.1, -0.05) is 26.0 Å². The van der Waals surface area contributed by atoms with Crippen LogP contribution in [0.3, 0.4) is 0 Å². The summed E-state index contributed by atoms with van der Waals surface area (Å²) in [4.78, 5) is 17.4. The van der Waals surface area contributed by atoms with Gasteiger partial charge in [0.1, 0.15) is 5.82 Å². The largest absolute Gasteiger partial charge is 0.294 e. The van der Waals surface area contributed by atoms with Crippen molar-refractivity contribution in [1.82, 2.24) is 9.55 Å². The van der Waals surface area contributed by atoms with Gasteiger partial charge in [0, 0.05) is 11.3 Å². The fourth-order valence-corrected chi connectivity index (χ4v) is 3.63. The van der Waals surface area contributed by atoms with E-state index in [0.717, 1.165) is 18.4 Å². The van der Waals surface area contributed by atoms with E-state index in [1.54, 1.807) is 4.57 Å². The quantitative estimate of drug-likeness (QED) is 0.752. The zero-order chi connectivity index (χ0) is 15.5. The highest BCUT2D eigenvalue weighted by Gasteiger charge is 2.27. The molecule has 1 heterocycles. The summed E-state index contributed by atoms with van der Waals surface area (Å²) in [5.74, 6) is 0.901. The number of hydrogen-bond donors (Lipinski definition) is 0. The van der Waals surface area contributed by atoms with E-state index in [9.17, 15) is 4.79 Å². The topological polar surface area (TPSA) is 34.9 Å². The van der Waals surface area contributed by atoms with Crippen LogP contribution in [0.1, 0.15) is 32.5 Å². The zero-order valence-electron chi connectivity index (χ0n) is 12.7. The number of alkyl halides is 1. The molecular formula is C16H21ClN2OS. The van der Waals surface area contributed by atoms with Gasteiger partial charge in [-0.3, -0.25) is 9.36 Å². The van der Waals surface area contributed by atoms with Crippen molar-refractivity contribution in [3.8, 4) is 0 Å². The minimum Gasteiger partial charge on any atom is -0.294 e. The molecule has 0 aliphatic heterocycles. The van der Waals surface area contributed by atoms with Crippen molar-refractivity contribution >= 4 is 34.3 Å². The molecule has 0 atom stereocenters. The predicted octanol–water partition coefficient (Wildman–Crippen LogP) is 4.06. The van der Waals surface area contributed by atoms with E-state index in [-0.39, 0.29) is 16.2 Å². The Bertz CT molecular complexity index is 671. The number of rotatable bonds is 6. The molecule has 1 aromatic carbocycles. The number of thioether (sulfide) groups is 1. The standard InChI is InChI=1S/C16H21ClN2OS/c1-4-16(5-2,21-3)11-19-14(10-17)18-13-9-7-6-8-12(13)15(19)20/h6-9H,4-5,10-11H2,1-3H3. The minimum atomic E-state index is 0.0107. The summed E-state index contributed by atoms with van der Waals surface area (Å²) in [5.41, 5.74) is 0.730. The van der Waals surface area contributed by atoms with E-state index in [2.05, 4.69) is 25.1 Å². The molecule has 21 heavy (non-hydrogen) atoms. The summed E-state index contributed by atoms with van der Waals surface area (Å²) < 4.78 is 1.81. The Morgan fingerprint density at radius 3 is 2.52 bits per heavy atom. The lowest BCUT2D eigenvalue weighted by molar-refractivity contribution is 0.449. The van der Waals surface area contributed by atoms with Crippen molar-refractivity contribution in [3.05, 3.63) is 40.4 Å². The third kappa shape index (κ3) is 3.11. The highest BCUT2D eigenvalue weighted by atomic mass is 35.5. The molecule has 0 spiro atoms. The van der Waals surface area contributed by atoms with Gasteiger partial charge in [-0.2, -0.15) is 11.8 Å². The zero-order valence-corrected chi connectivity index (χ0v) is 14.3. The molecule has 0 aliphatic carbocycles. The number of benzene rings is 1. The Hall–Kier alpha value is -1.000. The molecule has 0 N–H and O–H groups in total. The van der Waals surface area contributed by atoms with Crippen LogP contribution in [-0.2, 0) is 12.4 Å². The lowest BCUT2D eigenvalue weighted by Gasteiger charge is -2.31. The van der Waals surface area contributed by atoms with Crippen molar-refractivity contribution in [2.45, 2.75) is 43.9 Å². The molecule has 2 rings (SSSR count). The molecule has 0 bridgehead atoms. The third-order valence-electron chi connectivity index (χ3n) is 4.23. The monoisotopic (exact) mass is 324 g/mol. The first-order valence-corrected chi connectivity index (χ1v) is 8.96. The average Bonchev–Trinajstić information content (AvgIpc) is 2.54. The van der Waals surface area contributed by atoms with Crippen LogP contribution in [0.2, 0.25) is 0 Å². The van der Waals surface area contributed by atoms with E-state index in [1.165, 1.54) is 0 Å². The molecule has 2 aromatic rings. The summed E-state index contributed by atoms with van der Waals surface area (Å²) >= 11 is 7.85. The summed E-state index contributed by atoms with van der Waals surface area (Å²) in [5, 5.41) is 0.661. The van der Waals surface area contributed by atoms with Gasteiger partial charge >= 0.3 is 0 Å². The molecule has 0 saturated carbocycles. The van der Waals surface area contributed by atoms with Gasteiger partial charge in [0.05, 0.1) is 16.8 Å². The van der Waals surface area contributed by atoms with Crippen molar-refractivity contribution in [3.63, 3.8) is 0 Å². The minimum absolute atomic E-state index is 0.0107. The first kappa shape index (κ1) is 16.4. The van der Waals surface area contributed by atoms with E-state index >= 15 is 0 Å². The molecule has 0 fully saturated rings. The molecule has 5 heteroatoms. The Morgan fingerprint density at radius 1 is 1.29 bits per heavy atom. The Labute approximate surface area is 134 Å². The molecule has 3 nitrogen and oxygen atoms in total. The SMILES string of the molecule is CCC(CC)(Cn1c(CCl)nc2ccccc2c1=O)SC. The van der Waals surface area contributed by atoms with E-state index < -0.39 is 0 Å². The fraction of sp³-hybridized carbons (Fsp3) is 0.500. The molecule has 0 radical (unpaired) electrons.